The first kappa shape index (κ1) is 11.8. The van der Waals surface area contributed by atoms with Crippen molar-refractivity contribution in [1.29, 1.82) is 5.26 Å². The second-order valence-corrected chi connectivity index (χ2v) is 4.18. The summed E-state index contributed by atoms with van der Waals surface area (Å²) in [5, 5.41) is 12.0. The summed E-state index contributed by atoms with van der Waals surface area (Å²) in [5.41, 5.74) is 0.404. The van der Waals surface area contributed by atoms with Crippen molar-refractivity contribution < 1.29 is 0 Å². The Kier molecular flexibility index (Phi) is 3.89. The summed E-state index contributed by atoms with van der Waals surface area (Å²) in [4.78, 5) is 10.7. The first-order valence-electron chi connectivity index (χ1n) is 6.04. The molecule has 1 saturated heterocycles. The fraction of sp³-hybridized carbons (Fsp3) is 0.583. The zero-order chi connectivity index (χ0) is 12.1. The van der Waals surface area contributed by atoms with Crippen molar-refractivity contribution in [2.24, 2.45) is 0 Å². The number of anilines is 1. The van der Waals surface area contributed by atoms with Crippen molar-refractivity contribution in [3.05, 3.63) is 18.0 Å². The van der Waals surface area contributed by atoms with Crippen LogP contribution in [0.25, 0.3) is 0 Å². The lowest BCUT2D eigenvalue weighted by molar-refractivity contribution is 0.277. The molecule has 1 aromatic rings. The quantitative estimate of drug-likeness (QED) is 0.844. The van der Waals surface area contributed by atoms with Gasteiger partial charge in [0, 0.05) is 18.8 Å². The molecule has 0 spiro atoms. The van der Waals surface area contributed by atoms with Crippen LogP contribution in [-0.4, -0.2) is 40.5 Å². The van der Waals surface area contributed by atoms with Gasteiger partial charge < -0.3 is 5.32 Å². The minimum atomic E-state index is 0.404. The summed E-state index contributed by atoms with van der Waals surface area (Å²) in [6, 6.07) is 4.19. The Morgan fingerprint density at radius 2 is 2.53 bits per heavy atom. The summed E-state index contributed by atoms with van der Waals surface area (Å²) >= 11 is 0. The molecule has 0 radical (unpaired) electrons. The van der Waals surface area contributed by atoms with Gasteiger partial charge in [0.2, 0.25) is 5.95 Å². The van der Waals surface area contributed by atoms with Crippen LogP contribution in [0.5, 0.6) is 0 Å². The molecule has 2 rings (SSSR count). The summed E-state index contributed by atoms with van der Waals surface area (Å²) in [6.07, 6.45) is 4.10. The average Bonchev–Trinajstić information content (AvgIpc) is 2.84. The van der Waals surface area contributed by atoms with Crippen LogP contribution in [0.15, 0.2) is 12.3 Å². The van der Waals surface area contributed by atoms with E-state index in [9.17, 15) is 0 Å². The lowest BCUT2D eigenvalue weighted by Crippen LogP contribution is -2.34. The van der Waals surface area contributed by atoms with E-state index in [-0.39, 0.29) is 0 Å². The van der Waals surface area contributed by atoms with Crippen molar-refractivity contribution in [3.63, 3.8) is 0 Å². The van der Waals surface area contributed by atoms with Crippen LogP contribution < -0.4 is 5.32 Å². The number of likely N-dealkylation sites (tertiary alicyclic amines) is 1. The predicted octanol–water partition coefficient (Wildman–Crippen LogP) is 1.24. The van der Waals surface area contributed by atoms with E-state index in [1.807, 2.05) is 6.07 Å². The molecule has 1 aliphatic heterocycles. The van der Waals surface area contributed by atoms with Gasteiger partial charge in [-0.1, -0.05) is 6.92 Å². The fourth-order valence-electron chi connectivity index (χ4n) is 2.26. The molecular formula is C12H17N5. The van der Waals surface area contributed by atoms with E-state index in [1.54, 1.807) is 12.3 Å². The van der Waals surface area contributed by atoms with Gasteiger partial charge in [-0.3, -0.25) is 4.90 Å². The normalized spacial score (nSPS) is 20.1. The molecule has 90 valence electrons. The fourth-order valence-corrected chi connectivity index (χ4v) is 2.26. The highest BCUT2D eigenvalue weighted by Crippen LogP contribution is 2.16. The number of aromatic nitrogens is 2. The topological polar surface area (TPSA) is 64.8 Å². The van der Waals surface area contributed by atoms with Crippen LogP contribution in [-0.2, 0) is 0 Å². The Morgan fingerprint density at radius 1 is 1.65 bits per heavy atom. The van der Waals surface area contributed by atoms with Crippen LogP contribution in [0, 0.1) is 11.3 Å². The van der Waals surface area contributed by atoms with Gasteiger partial charge in [-0.05, 0) is 32.0 Å². The molecule has 1 aromatic heterocycles. The van der Waals surface area contributed by atoms with Crippen molar-refractivity contribution in [1.82, 2.24) is 14.9 Å². The van der Waals surface area contributed by atoms with Crippen molar-refractivity contribution in [2.75, 3.05) is 25.0 Å². The number of nitrogens with one attached hydrogen (secondary N) is 1. The van der Waals surface area contributed by atoms with Gasteiger partial charge in [0.25, 0.3) is 0 Å². The Labute approximate surface area is 101 Å². The minimum Gasteiger partial charge on any atom is -0.353 e. The highest BCUT2D eigenvalue weighted by Gasteiger charge is 2.22. The summed E-state index contributed by atoms with van der Waals surface area (Å²) < 4.78 is 0. The van der Waals surface area contributed by atoms with Gasteiger partial charge in [0.05, 0.1) is 0 Å². The number of likely N-dealkylation sites (N-methyl/N-ethyl adjacent to an activating group) is 1. The Morgan fingerprint density at radius 3 is 3.29 bits per heavy atom. The van der Waals surface area contributed by atoms with Crippen LogP contribution in [0.4, 0.5) is 5.95 Å². The van der Waals surface area contributed by atoms with Crippen LogP contribution >= 0.6 is 0 Å². The van der Waals surface area contributed by atoms with Gasteiger partial charge in [-0.25, -0.2) is 9.97 Å². The third-order valence-electron chi connectivity index (χ3n) is 3.17. The van der Waals surface area contributed by atoms with Gasteiger partial charge >= 0.3 is 0 Å². The third kappa shape index (κ3) is 2.92. The molecule has 1 fully saturated rings. The van der Waals surface area contributed by atoms with E-state index in [1.165, 1.54) is 19.4 Å². The molecule has 5 nitrogen and oxygen atoms in total. The maximum Gasteiger partial charge on any atom is 0.223 e. The zero-order valence-electron chi connectivity index (χ0n) is 10.1. The standard InChI is InChI=1S/C12H17N5/c1-2-17-7-3-4-11(17)9-15-12-14-6-5-10(8-13)16-12/h5-6,11H,2-4,7,9H2,1H3,(H,14,15,16). The molecule has 1 aliphatic rings. The predicted molar refractivity (Wildman–Crippen MR) is 65.5 cm³/mol. The highest BCUT2D eigenvalue weighted by molar-refractivity contribution is 5.30. The molecule has 1 N–H and O–H groups in total. The third-order valence-corrected chi connectivity index (χ3v) is 3.17. The van der Waals surface area contributed by atoms with Crippen LogP contribution in [0.3, 0.4) is 0 Å². The first-order chi connectivity index (χ1) is 8.33. The summed E-state index contributed by atoms with van der Waals surface area (Å²) in [6.45, 7) is 5.31. The molecule has 1 unspecified atom stereocenters. The van der Waals surface area contributed by atoms with E-state index in [0.29, 0.717) is 17.7 Å². The number of nitrogens with zero attached hydrogens (tertiary/aromatic N) is 4. The molecule has 0 aromatic carbocycles. The molecule has 17 heavy (non-hydrogen) atoms. The largest absolute Gasteiger partial charge is 0.353 e. The minimum absolute atomic E-state index is 0.404. The van der Waals surface area contributed by atoms with E-state index in [0.717, 1.165) is 13.1 Å². The van der Waals surface area contributed by atoms with Crippen molar-refractivity contribution >= 4 is 5.95 Å². The monoisotopic (exact) mass is 231 g/mol. The van der Waals surface area contributed by atoms with Crippen molar-refractivity contribution in [3.8, 4) is 6.07 Å². The number of rotatable bonds is 4. The molecular weight excluding hydrogens is 214 g/mol. The maximum atomic E-state index is 8.75. The summed E-state index contributed by atoms with van der Waals surface area (Å²) in [7, 11) is 0. The molecule has 2 heterocycles. The molecule has 0 saturated carbocycles. The second kappa shape index (κ2) is 5.60. The lowest BCUT2D eigenvalue weighted by Gasteiger charge is -2.22. The molecule has 0 amide bonds. The Balaban J connectivity index is 1.91. The molecule has 1 atom stereocenters. The van der Waals surface area contributed by atoms with Gasteiger partial charge in [-0.2, -0.15) is 5.26 Å². The SMILES string of the molecule is CCN1CCCC1CNc1nccc(C#N)n1. The number of hydrogen-bond acceptors (Lipinski definition) is 5. The number of nitriles is 1. The van der Waals surface area contributed by atoms with Gasteiger partial charge in [0.1, 0.15) is 11.8 Å². The van der Waals surface area contributed by atoms with E-state index < -0.39 is 0 Å². The second-order valence-electron chi connectivity index (χ2n) is 4.18. The Bertz CT molecular complexity index is 412. The maximum absolute atomic E-state index is 8.75. The van der Waals surface area contributed by atoms with E-state index in [4.69, 9.17) is 5.26 Å². The lowest BCUT2D eigenvalue weighted by atomic mass is 10.2. The summed E-state index contributed by atoms with van der Waals surface area (Å²) in [5.74, 6) is 0.548. The molecule has 0 bridgehead atoms. The highest BCUT2D eigenvalue weighted by atomic mass is 15.2. The average molecular weight is 231 g/mol. The van der Waals surface area contributed by atoms with Gasteiger partial charge in [-0.15, -0.1) is 0 Å². The van der Waals surface area contributed by atoms with E-state index in [2.05, 4.69) is 27.1 Å². The zero-order valence-corrected chi connectivity index (χ0v) is 10.1. The van der Waals surface area contributed by atoms with Crippen LogP contribution in [0.2, 0.25) is 0 Å². The Hall–Kier alpha value is -1.67. The van der Waals surface area contributed by atoms with Gasteiger partial charge in [0.15, 0.2) is 0 Å². The van der Waals surface area contributed by atoms with Crippen molar-refractivity contribution in [2.45, 2.75) is 25.8 Å². The first-order valence-corrected chi connectivity index (χ1v) is 6.04. The van der Waals surface area contributed by atoms with Crippen LogP contribution in [0.1, 0.15) is 25.5 Å². The number of hydrogen-bond donors (Lipinski definition) is 1. The molecule has 5 heteroatoms. The molecule has 0 aliphatic carbocycles. The van der Waals surface area contributed by atoms with E-state index >= 15 is 0 Å². The smallest absolute Gasteiger partial charge is 0.223 e.